The molecule has 0 aliphatic heterocycles. The van der Waals surface area contributed by atoms with E-state index in [1.807, 2.05) is 25.1 Å². The summed E-state index contributed by atoms with van der Waals surface area (Å²) in [6.07, 6.45) is 9.65. The number of aryl methyl sites for hydroxylation is 1. The first-order valence-electron chi connectivity index (χ1n) is 9.81. The van der Waals surface area contributed by atoms with Gasteiger partial charge in [0.05, 0.1) is 0 Å². The molecular formula is C21H33N3O3. The molecule has 1 aromatic rings. The highest BCUT2D eigenvalue weighted by Crippen LogP contribution is 2.32. The molecule has 6 heteroatoms. The van der Waals surface area contributed by atoms with Gasteiger partial charge in [0.25, 0.3) is 0 Å². The van der Waals surface area contributed by atoms with Crippen molar-refractivity contribution < 1.29 is 14.7 Å². The van der Waals surface area contributed by atoms with E-state index >= 15 is 0 Å². The lowest BCUT2D eigenvalue weighted by Crippen LogP contribution is -2.39. The maximum absolute atomic E-state index is 12.5. The molecule has 1 aliphatic carbocycles. The molecule has 1 saturated carbocycles. The zero-order valence-corrected chi connectivity index (χ0v) is 17.1. The molecule has 0 bridgehead atoms. The highest BCUT2D eigenvalue weighted by Gasteiger charge is 2.20. The number of hydrogen-bond donors (Lipinski definition) is 1. The molecule has 0 radical (unpaired) electrons. The van der Waals surface area contributed by atoms with Crippen molar-refractivity contribution in [3.05, 3.63) is 29.1 Å². The van der Waals surface area contributed by atoms with Gasteiger partial charge in [-0.3, -0.25) is 9.59 Å². The van der Waals surface area contributed by atoms with Crippen LogP contribution in [0.4, 0.5) is 0 Å². The largest absolute Gasteiger partial charge is 0.480 e. The monoisotopic (exact) mass is 375 g/mol. The van der Waals surface area contributed by atoms with Crippen LogP contribution in [0, 0.1) is 13.8 Å². The average molecular weight is 376 g/mol. The molecule has 1 heterocycles. The molecule has 0 spiro atoms. The molecule has 6 nitrogen and oxygen atoms in total. The van der Waals surface area contributed by atoms with Crippen molar-refractivity contribution in [2.45, 2.75) is 52.0 Å². The maximum atomic E-state index is 12.5. The third kappa shape index (κ3) is 5.96. The van der Waals surface area contributed by atoms with E-state index in [4.69, 9.17) is 5.11 Å². The highest BCUT2D eigenvalue weighted by molar-refractivity contribution is 5.93. The Morgan fingerprint density at radius 1 is 1.19 bits per heavy atom. The van der Waals surface area contributed by atoms with Crippen molar-refractivity contribution >= 4 is 18.0 Å². The molecule has 1 amide bonds. The average Bonchev–Trinajstić information content (AvgIpc) is 2.90. The van der Waals surface area contributed by atoms with E-state index in [1.165, 1.54) is 54.5 Å². The van der Waals surface area contributed by atoms with Crippen LogP contribution in [-0.4, -0.2) is 65.1 Å². The van der Waals surface area contributed by atoms with Gasteiger partial charge in [-0.1, -0.05) is 19.3 Å². The van der Waals surface area contributed by atoms with Crippen molar-refractivity contribution in [2.24, 2.45) is 0 Å². The fraction of sp³-hybridized carbons (Fsp3) is 0.619. The van der Waals surface area contributed by atoms with Gasteiger partial charge in [-0.2, -0.15) is 0 Å². The van der Waals surface area contributed by atoms with E-state index in [2.05, 4.69) is 24.5 Å². The van der Waals surface area contributed by atoms with E-state index in [9.17, 15) is 9.59 Å². The number of nitrogens with zero attached hydrogens (tertiary/aromatic N) is 3. The molecule has 1 fully saturated rings. The van der Waals surface area contributed by atoms with Gasteiger partial charge in [0.2, 0.25) is 5.91 Å². The van der Waals surface area contributed by atoms with Crippen LogP contribution >= 0.6 is 0 Å². The van der Waals surface area contributed by atoms with Crippen LogP contribution in [0.25, 0.3) is 6.08 Å². The summed E-state index contributed by atoms with van der Waals surface area (Å²) in [4.78, 5) is 26.9. The Hall–Kier alpha value is -2.08. The third-order valence-electron chi connectivity index (χ3n) is 5.32. The number of carboxylic acid groups (broad SMARTS) is 1. The normalized spacial score (nSPS) is 15.6. The second-order valence-electron chi connectivity index (χ2n) is 7.78. The van der Waals surface area contributed by atoms with E-state index < -0.39 is 5.97 Å². The van der Waals surface area contributed by atoms with Crippen LogP contribution in [0.15, 0.2) is 12.1 Å². The van der Waals surface area contributed by atoms with Gasteiger partial charge in [-0.25, -0.2) is 0 Å². The number of aromatic nitrogens is 1. The SMILES string of the molecule is Cc1cc(/C=C/C(=O)N(CCN(C)C)CC(=O)O)c(C)n1C1CCCCC1. The van der Waals surface area contributed by atoms with Crippen molar-refractivity contribution in [3.8, 4) is 0 Å². The molecule has 1 aromatic heterocycles. The maximum Gasteiger partial charge on any atom is 0.323 e. The summed E-state index contributed by atoms with van der Waals surface area (Å²) >= 11 is 0. The van der Waals surface area contributed by atoms with Crippen LogP contribution < -0.4 is 0 Å². The van der Waals surface area contributed by atoms with Crippen molar-refractivity contribution in [2.75, 3.05) is 33.7 Å². The summed E-state index contributed by atoms with van der Waals surface area (Å²) in [6.45, 7) is 4.96. The molecule has 27 heavy (non-hydrogen) atoms. The number of carbonyl (C=O) groups excluding carboxylic acids is 1. The number of aliphatic carboxylic acids is 1. The molecule has 1 aliphatic rings. The number of hydrogen-bond acceptors (Lipinski definition) is 3. The lowest BCUT2D eigenvalue weighted by molar-refractivity contribution is -0.142. The zero-order chi connectivity index (χ0) is 20.0. The summed E-state index contributed by atoms with van der Waals surface area (Å²) in [7, 11) is 3.80. The first-order chi connectivity index (χ1) is 12.8. The Morgan fingerprint density at radius 3 is 2.44 bits per heavy atom. The Morgan fingerprint density at radius 2 is 1.85 bits per heavy atom. The van der Waals surface area contributed by atoms with Crippen LogP contribution in [-0.2, 0) is 9.59 Å². The molecule has 0 aromatic carbocycles. The summed E-state index contributed by atoms with van der Waals surface area (Å²) in [6, 6.07) is 2.68. The number of carboxylic acids is 1. The molecular weight excluding hydrogens is 342 g/mol. The summed E-state index contributed by atoms with van der Waals surface area (Å²) in [5.74, 6) is -1.26. The molecule has 0 saturated heterocycles. The fourth-order valence-corrected chi connectivity index (χ4v) is 3.89. The van der Waals surface area contributed by atoms with Crippen LogP contribution in [0.5, 0.6) is 0 Å². The van der Waals surface area contributed by atoms with Crippen LogP contribution in [0.3, 0.4) is 0 Å². The fourth-order valence-electron chi connectivity index (χ4n) is 3.89. The predicted octanol–water partition coefficient (Wildman–Crippen LogP) is 3.10. The van der Waals surface area contributed by atoms with Crippen LogP contribution in [0.1, 0.15) is 55.1 Å². The van der Waals surface area contributed by atoms with E-state index in [0.29, 0.717) is 19.1 Å². The van der Waals surface area contributed by atoms with Gasteiger partial charge < -0.3 is 19.5 Å². The molecule has 0 unspecified atom stereocenters. The lowest BCUT2D eigenvalue weighted by Gasteiger charge is -2.26. The number of carbonyl (C=O) groups is 2. The van der Waals surface area contributed by atoms with E-state index in [1.54, 1.807) is 0 Å². The minimum Gasteiger partial charge on any atom is -0.480 e. The quantitative estimate of drug-likeness (QED) is 0.709. The number of rotatable bonds is 8. The first kappa shape index (κ1) is 21.2. The van der Waals surface area contributed by atoms with E-state index in [0.717, 1.165) is 5.56 Å². The Balaban J connectivity index is 2.12. The van der Waals surface area contributed by atoms with E-state index in [-0.39, 0.29) is 12.5 Å². The molecule has 1 N–H and O–H groups in total. The summed E-state index contributed by atoms with van der Waals surface area (Å²) in [5, 5.41) is 9.08. The van der Waals surface area contributed by atoms with Crippen LogP contribution in [0.2, 0.25) is 0 Å². The van der Waals surface area contributed by atoms with Gasteiger partial charge in [-0.05, 0) is 58.5 Å². The standard InChI is InChI=1S/C21H33N3O3/c1-16-14-18(17(2)24(16)19-8-6-5-7-9-19)10-11-20(25)23(15-21(26)27)13-12-22(3)4/h10-11,14,19H,5-9,12-13,15H2,1-4H3,(H,26,27)/b11-10+. The molecule has 2 rings (SSSR count). The van der Waals surface area contributed by atoms with Crippen molar-refractivity contribution in [1.82, 2.24) is 14.4 Å². The molecule has 150 valence electrons. The number of amides is 1. The summed E-state index contributed by atoms with van der Waals surface area (Å²) in [5.41, 5.74) is 3.44. The second-order valence-corrected chi connectivity index (χ2v) is 7.78. The Labute approximate surface area is 162 Å². The minimum absolute atomic E-state index is 0.262. The Kier molecular flexibility index (Phi) is 7.66. The second kappa shape index (κ2) is 9.74. The lowest BCUT2D eigenvalue weighted by atomic mass is 9.95. The first-order valence-corrected chi connectivity index (χ1v) is 9.81. The number of likely N-dealkylation sites (N-methyl/N-ethyl adjacent to an activating group) is 1. The smallest absolute Gasteiger partial charge is 0.323 e. The third-order valence-corrected chi connectivity index (χ3v) is 5.32. The van der Waals surface area contributed by atoms with Gasteiger partial charge in [0, 0.05) is 36.6 Å². The van der Waals surface area contributed by atoms with Crippen molar-refractivity contribution in [1.29, 1.82) is 0 Å². The zero-order valence-electron chi connectivity index (χ0n) is 17.1. The summed E-state index contributed by atoms with van der Waals surface area (Å²) < 4.78 is 2.41. The predicted molar refractivity (Wildman–Crippen MR) is 108 cm³/mol. The van der Waals surface area contributed by atoms with Crippen molar-refractivity contribution in [3.63, 3.8) is 0 Å². The topological polar surface area (TPSA) is 65.8 Å². The van der Waals surface area contributed by atoms with Gasteiger partial charge in [-0.15, -0.1) is 0 Å². The van der Waals surface area contributed by atoms with Gasteiger partial charge >= 0.3 is 5.97 Å². The van der Waals surface area contributed by atoms with Gasteiger partial charge in [0.15, 0.2) is 0 Å². The Bertz CT molecular complexity index is 685. The van der Waals surface area contributed by atoms with Gasteiger partial charge in [0.1, 0.15) is 6.54 Å². The minimum atomic E-state index is -0.994. The highest BCUT2D eigenvalue weighted by atomic mass is 16.4. The molecule has 0 atom stereocenters.